The van der Waals surface area contributed by atoms with Gasteiger partial charge in [-0.2, -0.15) is 4.31 Å². The summed E-state index contributed by atoms with van der Waals surface area (Å²) in [5, 5.41) is 2.72. The summed E-state index contributed by atoms with van der Waals surface area (Å²) >= 11 is 0. The Morgan fingerprint density at radius 3 is 2.83 bits per heavy atom. The van der Waals surface area contributed by atoms with Crippen LogP contribution in [0.25, 0.3) is 0 Å². The van der Waals surface area contributed by atoms with Crippen LogP contribution in [0.2, 0.25) is 0 Å². The van der Waals surface area contributed by atoms with Gasteiger partial charge in [-0.15, -0.1) is 0 Å². The van der Waals surface area contributed by atoms with Gasteiger partial charge in [0.2, 0.25) is 15.9 Å². The molecule has 1 unspecified atom stereocenters. The summed E-state index contributed by atoms with van der Waals surface area (Å²) in [6.07, 6.45) is 2.43. The number of hydrogen-bond donors (Lipinski definition) is 2. The molecule has 1 aromatic carbocycles. The van der Waals surface area contributed by atoms with E-state index in [1.54, 1.807) is 13.0 Å². The smallest absolute Gasteiger partial charge is 0.246 e. The minimum Gasteiger partial charge on any atom is -0.354 e. The third kappa shape index (κ3) is 4.12. The van der Waals surface area contributed by atoms with Crippen LogP contribution in [0, 0.1) is 12.7 Å². The summed E-state index contributed by atoms with van der Waals surface area (Å²) < 4.78 is 41.4. The van der Waals surface area contributed by atoms with Crippen molar-refractivity contribution in [1.29, 1.82) is 0 Å². The van der Waals surface area contributed by atoms with Gasteiger partial charge < -0.3 is 11.1 Å². The quantitative estimate of drug-likeness (QED) is 0.799. The zero-order valence-corrected chi connectivity index (χ0v) is 14.6. The molecule has 0 bridgehead atoms. The number of halogens is 1. The molecule has 3 N–H and O–H groups in total. The van der Waals surface area contributed by atoms with Crippen molar-refractivity contribution in [1.82, 2.24) is 9.62 Å². The minimum absolute atomic E-state index is 0.200. The average Bonchev–Trinajstić information content (AvgIpc) is 2.53. The molecular formula is C16H24FN3O3S. The molecule has 0 aliphatic carbocycles. The van der Waals surface area contributed by atoms with Gasteiger partial charge in [0.15, 0.2) is 0 Å². The molecule has 0 spiro atoms. The summed E-state index contributed by atoms with van der Waals surface area (Å²) in [6, 6.07) is 3.86. The third-order valence-electron chi connectivity index (χ3n) is 4.21. The maximum absolute atomic E-state index is 14.2. The summed E-state index contributed by atoms with van der Waals surface area (Å²) in [7, 11) is -3.95. The van der Waals surface area contributed by atoms with E-state index in [2.05, 4.69) is 5.32 Å². The first-order valence-electron chi connectivity index (χ1n) is 8.11. The summed E-state index contributed by atoms with van der Waals surface area (Å²) in [5.41, 5.74) is 5.72. The zero-order chi connectivity index (χ0) is 17.7. The minimum atomic E-state index is -3.95. The normalized spacial score (nSPS) is 19.2. The summed E-state index contributed by atoms with van der Waals surface area (Å²) in [4.78, 5) is 11.3. The Balaban J connectivity index is 2.24. The van der Waals surface area contributed by atoms with Crippen molar-refractivity contribution in [2.24, 2.45) is 5.73 Å². The van der Waals surface area contributed by atoms with Gasteiger partial charge in [-0.05, 0) is 31.4 Å². The number of hydrogen-bond acceptors (Lipinski definition) is 4. The fourth-order valence-electron chi connectivity index (χ4n) is 3.01. The molecule has 1 saturated heterocycles. The van der Waals surface area contributed by atoms with E-state index in [4.69, 9.17) is 5.73 Å². The number of aryl methyl sites for hydroxylation is 1. The number of amides is 1. The number of piperidine rings is 1. The van der Waals surface area contributed by atoms with Crippen LogP contribution in [0.3, 0.4) is 0 Å². The van der Waals surface area contributed by atoms with E-state index >= 15 is 0 Å². The lowest BCUT2D eigenvalue weighted by Gasteiger charge is -2.35. The van der Waals surface area contributed by atoms with E-state index in [1.165, 1.54) is 10.4 Å². The Morgan fingerprint density at radius 2 is 2.17 bits per heavy atom. The van der Waals surface area contributed by atoms with E-state index in [1.807, 2.05) is 0 Å². The fourth-order valence-corrected chi connectivity index (χ4v) is 4.97. The SMILES string of the molecule is Cc1cccc(F)c1S(=O)(=O)N1CCCCC1CNC(=O)CCN. The van der Waals surface area contributed by atoms with Gasteiger partial charge in [0.25, 0.3) is 0 Å². The molecule has 1 atom stereocenters. The number of benzene rings is 1. The second kappa shape index (κ2) is 8.04. The van der Waals surface area contributed by atoms with Gasteiger partial charge >= 0.3 is 0 Å². The van der Waals surface area contributed by atoms with E-state index in [-0.39, 0.29) is 36.4 Å². The number of carbonyl (C=O) groups is 1. The Bertz CT molecular complexity index is 674. The van der Waals surface area contributed by atoms with Gasteiger partial charge in [0, 0.05) is 32.1 Å². The maximum atomic E-state index is 14.2. The summed E-state index contributed by atoms with van der Waals surface area (Å²) in [6.45, 7) is 2.37. The molecule has 1 aromatic rings. The van der Waals surface area contributed by atoms with Crippen molar-refractivity contribution in [2.75, 3.05) is 19.6 Å². The molecule has 2 rings (SSSR count). The average molecular weight is 357 g/mol. The van der Waals surface area contributed by atoms with Crippen molar-refractivity contribution in [3.05, 3.63) is 29.6 Å². The first kappa shape index (κ1) is 18.8. The first-order chi connectivity index (χ1) is 11.4. The molecule has 134 valence electrons. The Morgan fingerprint density at radius 1 is 1.42 bits per heavy atom. The molecule has 1 heterocycles. The predicted octanol–water partition coefficient (Wildman–Crippen LogP) is 1.14. The van der Waals surface area contributed by atoms with Crippen LogP contribution >= 0.6 is 0 Å². The van der Waals surface area contributed by atoms with Crippen LogP contribution in [-0.4, -0.2) is 44.3 Å². The lowest BCUT2D eigenvalue weighted by atomic mass is 10.1. The van der Waals surface area contributed by atoms with Crippen LogP contribution in [0.4, 0.5) is 4.39 Å². The Labute approximate surface area is 142 Å². The van der Waals surface area contributed by atoms with Crippen molar-refractivity contribution >= 4 is 15.9 Å². The molecule has 1 amide bonds. The van der Waals surface area contributed by atoms with E-state index in [0.717, 1.165) is 18.9 Å². The molecular weight excluding hydrogens is 333 g/mol. The summed E-state index contributed by atoms with van der Waals surface area (Å²) in [5.74, 6) is -0.950. The number of nitrogens with two attached hydrogens (primary N) is 1. The lowest BCUT2D eigenvalue weighted by Crippen LogP contribution is -2.49. The van der Waals surface area contributed by atoms with Crippen LogP contribution < -0.4 is 11.1 Å². The lowest BCUT2D eigenvalue weighted by molar-refractivity contribution is -0.121. The zero-order valence-electron chi connectivity index (χ0n) is 13.8. The largest absolute Gasteiger partial charge is 0.354 e. The molecule has 1 aliphatic heterocycles. The highest BCUT2D eigenvalue weighted by molar-refractivity contribution is 7.89. The predicted molar refractivity (Wildman–Crippen MR) is 89.3 cm³/mol. The molecule has 8 heteroatoms. The van der Waals surface area contributed by atoms with Crippen molar-refractivity contribution in [3.63, 3.8) is 0 Å². The Kier molecular flexibility index (Phi) is 6.31. The molecule has 6 nitrogen and oxygen atoms in total. The van der Waals surface area contributed by atoms with E-state index in [9.17, 15) is 17.6 Å². The second-order valence-electron chi connectivity index (χ2n) is 5.99. The molecule has 0 aromatic heterocycles. The van der Waals surface area contributed by atoms with Gasteiger partial charge in [0.05, 0.1) is 0 Å². The van der Waals surface area contributed by atoms with Crippen molar-refractivity contribution < 1.29 is 17.6 Å². The van der Waals surface area contributed by atoms with Crippen LogP contribution in [0.1, 0.15) is 31.2 Å². The van der Waals surface area contributed by atoms with Crippen LogP contribution in [0.15, 0.2) is 23.1 Å². The molecule has 24 heavy (non-hydrogen) atoms. The first-order valence-corrected chi connectivity index (χ1v) is 9.55. The highest BCUT2D eigenvalue weighted by Gasteiger charge is 2.36. The standard InChI is InChI=1S/C16H24FN3O3S/c1-12-5-4-7-14(17)16(12)24(22,23)20-10-3-2-6-13(20)11-19-15(21)8-9-18/h4-5,7,13H,2-3,6,8-11,18H2,1H3,(H,19,21). The van der Waals surface area contributed by atoms with Crippen molar-refractivity contribution in [3.8, 4) is 0 Å². The highest BCUT2D eigenvalue weighted by atomic mass is 32.2. The van der Waals surface area contributed by atoms with E-state index < -0.39 is 15.8 Å². The topological polar surface area (TPSA) is 92.5 Å². The Hall–Kier alpha value is -1.51. The van der Waals surface area contributed by atoms with Gasteiger partial charge in [-0.25, -0.2) is 12.8 Å². The fraction of sp³-hybridized carbons (Fsp3) is 0.562. The molecule has 1 fully saturated rings. The third-order valence-corrected chi connectivity index (χ3v) is 6.34. The molecule has 0 saturated carbocycles. The monoisotopic (exact) mass is 357 g/mol. The number of nitrogens with zero attached hydrogens (tertiary/aromatic N) is 1. The van der Waals surface area contributed by atoms with Crippen LogP contribution in [-0.2, 0) is 14.8 Å². The van der Waals surface area contributed by atoms with Gasteiger partial charge in [-0.3, -0.25) is 4.79 Å². The number of rotatable bonds is 6. The van der Waals surface area contributed by atoms with Gasteiger partial charge in [0.1, 0.15) is 10.7 Å². The van der Waals surface area contributed by atoms with Gasteiger partial charge in [-0.1, -0.05) is 18.6 Å². The van der Waals surface area contributed by atoms with Crippen molar-refractivity contribution in [2.45, 2.75) is 43.5 Å². The van der Waals surface area contributed by atoms with Crippen LogP contribution in [0.5, 0.6) is 0 Å². The number of carbonyl (C=O) groups excluding carboxylic acids is 1. The maximum Gasteiger partial charge on any atom is 0.246 e. The van der Waals surface area contributed by atoms with E-state index in [0.29, 0.717) is 18.5 Å². The number of sulfonamides is 1. The molecule has 1 aliphatic rings. The molecule has 0 radical (unpaired) electrons. The number of nitrogens with one attached hydrogen (secondary N) is 1. The second-order valence-corrected chi connectivity index (χ2v) is 7.82. The highest BCUT2D eigenvalue weighted by Crippen LogP contribution is 2.28.